The minimum atomic E-state index is 0. The van der Waals surface area contributed by atoms with Gasteiger partial charge in [0.25, 0.3) is 0 Å². The highest BCUT2D eigenvalue weighted by Gasteiger charge is 2.01. The van der Waals surface area contributed by atoms with Gasteiger partial charge in [0.15, 0.2) is 0 Å². The Morgan fingerprint density at radius 2 is 1.75 bits per heavy atom. The van der Waals surface area contributed by atoms with E-state index in [0.29, 0.717) is 0 Å². The van der Waals surface area contributed by atoms with Crippen molar-refractivity contribution in [1.29, 1.82) is 0 Å². The van der Waals surface area contributed by atoms with Crippen LogP contribution in [0.5, 0.6) is 0 Å². The molecule has 0 spiro atoms. The number of likely N-dealkylation sites (N-methyl/N-ethyl adjacent to an activating group) is 1. The van der Waals surface area contributed by atoms with Crippen LogP contribution in [0.2, 0.25) is 0 Å². The van der Waals surface area contributed by atoms with Gasteiger partial charge in [-0.25, -0.2) is 0 Å². The Kier molecular flexibility index (Phi) is 3.83. The third kappa shape index (κ3) is 2.28. The second kappa shape index (κ2) is 3.87. The smallest absolute Gasteiger partial charge is 0.0104 e. The van der Waals surface area contributed by atoms with Gasteiger partial charge in [0.05, 0.1) is 0 Å². The predicted octanol–water partition coefficient (Wildman–Crippen LogP) is 0.158. The first-order valence-corrected chi connectivity index (χ1v) is 2.79. The van der Waals surface area contributed by atoms with Gasteiger partial charge in [-0.15, -0.1) is 0 Å². The first kappa shape index (κ1) is 7.92. The summed E-state index contributed by atoms with van der Waals surface area (Å²) in [4.78, 5) is 2.33. The molecule has 1 N–H and O–H groups in total. The minimum Gasteiger partial charge on any atom is -0.314 e. The first-order chi connectivity index (χ1) is 3.39. The second-order valence-electron chi connectivity index (χ2n) is 2.05. The van der Waals surface area contributed by atoms with Crippen LogP contribution in [0.3, 0.4) is 0 Å². The summed E-state index contributed by atoms with van der Waals surface area (Å²) in [6.45, 7) is 4.74. The number of hydrogen-bond donors (Lipinski definition) is 1. The standard InChI is InChI=1S/C5H12N2.CH4/c1-7-4-2-6-3-5-7;/h6H,2-5H2,1H3;1H4/i2+1,4+1,6+1;. The van der Waals surface area contributed by atoms with Crippen molar-refractivity contribution in [2.75, 3.05) is 33.2 Å². The van der Waals surface area contributed by atoms with E-state index >= 15 is 0 Å². The van der Waals surface area contributed by atoms with E-state index in [4.69, 9.17) is 0 Å². The van der Waals surface area contributed by atoms with Gasteiger partial charge in [-0.1, -0.05) is 7.43 Å². The zero-order chi connectivity index (χ0) is 5.11. The van der Waals surface area contributed by atoms with Gasteiger partial charge in [-0.05, 0) is 7.05 Å². The minimum absolute atomic E-state index is 0. The normalized spacial score (nSPS) is 22.1. The van der Waals surface area contributed by atoms with Gasteiger partial charge in [0.2, 0.25) is 0 Å². The van der Waals surface area contributed by atoms with Crippen molar-refractivity contribution in [3.05, 3.63) is 0 Å². The maximum Gasteiger partial charge on any atom is 0.0104 e. The molecule has 0 amide bonds. The summed E-state index contributed by atoms with van der Waals surface area (Å²) in [5.41, 5.74) is 0. The van der Waals surface area contributed by atoms with Crippen molar-refractivity contribution in [2.24, 2.45) is 0 Å². The molecule has 0 aromatic carbocycles. The molecule has 0 saturated carbocycles. The largest absolute Gasteiger partial charge is 0.314 e. The average molecular weight is 119 g/mol. The molecule has 1 aliphatic heterocycles. The van der Waals surface area contributed by atoms with Crippen LogP contribution in [-0.2, 0) is 0 Å². The highest BCUT2D eigenvalue weighted by atomic mass is 15.8. The summed E-state index contributed by atoms with van der Waals surface area (Å²) in [6, 6.07) is 0. The number of piperazine rings is 1. The molecule has 0 unspecified atom stereocenters. The Morgan fingerprint density at radius 1 is 1.25 bits per heavy atom. The van der Waals surface area contributed by atoms with E-state index in [1.165, 1.54) is 13.1 Å². The van der Waals surface area contributed by atoms with Gasteiger partial charge < -0.3 is 10.2 Å². The molecule has 0 atom stereocenters. The predicted molar refractivity (Wildman–Crippen MR) is 37.1 cm³/mol. The van der Waals surface area contributed by atoms with Crippen molar-refractivity contribution >= 4 is 0 Å². The van der Waals surface area contributed by atoms with Crippen LogP contribution in [0.15, 0.2) is 0 Å². The van der Waals surface area contributed by atoms with Crippen LogP contribution in [0.4, 0.5) is 0 Å². The maximum atomic E-state index is 3.27. The van der Waals surface area contributed by atoms with Gasteiger partial charge >= 0.3 is 0 Å². The molecule has 1 saturated heterocycles. The lowest BCUT2D eigenvalue weighted by Crippen LogP contribution is -2.40. The van der Waals surface area contributed by atoms with E-state index in [9.17, 15) is 0 Å². The van der Waals surface area contributed by atoms with Gasteiger partial charge in [-0.2, -0.15) is 0 Å². The fourth-order valence-corrected chi connectivity index (χ4v) is 0.777. The quantitative estimate of drug-likeness (QED) is 0.361. The fourth-order valence-electron chi connectivity index (χ4n) is 0.777. The molecule has 2 heteroatoms. The molecule has 1 rings (SSSR count). The summed E-state index contributed by atoms with van der Waals surface area (Å²) in [5, 5.41) is 3.27. The van der Waals surface area contributed by atoms with E-state index in [-0.39, 0.29) is 7.43 Å². The van der Waals surface area contributed by atoms with E-state index in [1.807, 2.05) is 0 Å². The van der Waals surface area contributed by atoms with Gasteiger partial charge in [0.1, 0.15) is 0 Å². The van der Waals surface area contributed by atoms with Gasteiger partial charge in [-0.3, -0.25) is 0 Å². The highest BCUT2D eigenvalue weighted by molar-refractivity contribution is 4.62. The van der Waals surface area contributed by atoms with Crippen molar-refractivity contribution in [1.82, 2.24) is 10.2 Å². The third-order valence-corrected chi connectivity index (χ3v) is 1.34. The molecule has 2 nitrogen and oxygen atoms in total. The van der Waals surface area contributed by atoms with Crippen LogP contribution in [-0.4, -0.2) is 38.1 Å². The van der Waals surface area contributed by atoms with Crippen molar-refractivity contribution in [3.8, 4) is 0 Å². The molecule has 0 aromatic heterocycles. The Morgan fingerprint density at radius 3 is 2.00 bits per heavy atom. The number of nitrogens with zero attached hydrogens (tertiary/aromatic N) is 1. The Labute approximate surface area is 51.9 Å². The van der Waals surface area contributed by atoms with Crippen LogP contribution in [0, 0.1) is 0 Å². The zero-order valence-electron chi connectivity index (χ0n) is 4.78. The molecule has 0 aromatic rings. The lowest BCUT2D eigenvalue weighted by molar-refractivity contribution is 0.291. The average Bonchev–Trinajstić information content (AvgIpc) is 1.69. The maximum absolute atomic E-state index is 3.27. The summed E-state index contributed by atoms with van der Waals surface area (Å²) in [6.07, 6.45) is 0. The molecule has 1 fully saturated rings. The molecule has 0 radical (unpaired) electrons. The third-order valence-electron chi connectivity index (χ3n) is 1.34. The second-order valence-corrected chi connectivity index (χ2v) is 2.05. The summed E-state index contributed by atoms with van der Waals surface area (Å²) in [7, 11) is 2.15. The van der Waals surface area contributed by atoms with Gasteiger partial charge in [0, 0.05) is 26.2 Å². The van der Waals surface area contributed by atoms with Crippen LogP contribution >= 0.6 is 0 Å². The van der Waals surface area contributed by atoms with Crippen molar-refractivity contribution in [2.45, 2.75) is 7.43 Å². The monoisotopic (exact) mass is 119 g/mol. The number of nitrogens with one attached hydrogen (secondary N) is 1. The van der Waals surface area contributed by atoms with Crippen molar-refractivity contribution in [3.63, 3.8) is 0 Å². The van der Waals surface area contributed by atoms with Crippen LogP contribution in [0.25, 0.3) is 0 Å². The summed E-state index contributed by atoms with van der Waals surface area (Å²) in [5.74, 6) is 0. The molecule has 50 valence electrons. The molecule has 8 heavy (non-hydrogen) atoms. The molecule has 0 aliphatic carbocycles. The number of rotatable bonds is 0. The van der Waals surface area contributed by atoms with Crippen LogP contribution < -0.4 is 5.32 Å². The van der Waals surface area contributed by atoms with E-state index in [2.05, 4.69) is 17.3 Å². The topological polar surface area (TPSA) is 15.3 Å². The van der Waals surface area contributed by atoms with Crippen molar-refractivity contribution < 1.29 is 0 Å². The SMILES string of the molecule is C.CN1CC[15NH][13CH2][13CH2]1. The number of hydrogen-bond acceptors (Lipinski definition) is 2. The summed E-state index contributed by atoms with van der Waals surface area (Å²) >= 11 is 0. The zero-order valence-corrected chi connectivity index (χ0v) is 4.78. The lowest BCUT2D eigenvalue weighted by atomic mass is 10.6. The van der Waals surface area contributed by atoms with E-state index in [1.54, 1.807) is 0 Å². The highest BCUT2D eigenvalue weighted by Crippen LogP contribution is 1.82. The van der Waals surface area contributed by atoms with E-state index in [0.717, 1.165) is 13.1 Å². The van der Waals surface area contributed by atoms with Crippen LogP contribution in [0.1, 0.15) is 7.43 Å². The van der Waals surface area contributed by atoms with E-state index < -0.39 is 0 Å². The molecular weight excluding hydrogens is 103 g/mol. The lowest BCUT2D eigenvalue weighted by Gasteiger charge is -2.21. The molecule has 1 heterocycles. The Hall–Kier alpha value is -0.0800. The molecule has 1 aliphatic rings. The Balaban J connectivity index is 0.000000490. The fraction of sp³-hybridized carbons (Fsp3) is 1.00. The molecular formula is C6H16N2. The first-order valence-electron chi connectivity index (χ1n) is 2.79. The molecule has 0 bridgehead atoms. The summed E-state index contributed by atoms with van der Waals surface area (Å²) < 4.78 is 0. The Bertz CT molecular complexity index is 48.5.